The third kappa shape index (κ3) is 5.63. The van der Waals surface area contributed by atoms with Crippen LogP contribution < -0.4 is 10.5 Å². The summed E-state index contributed by atoms with van der Waals surface area (Å²) in [6.45, 7) is 2.45. The first-order valence-corrected chi connectivity index (χ1v) is 7.41. The van der Waals surface area contributed by atoms with Crippen molar-refractivity contribution >= 4 is 10.0 Å². The zero-order valence-electron chi connectivity index (χ0n) is 10.8. The van der Waals surface area contributed by atoms with Crippen molar-refractivity contribution in [2.24, 2.45) is 5.14 Å². The molecule has 0 unspecified atom stereocenters. The lowest BCUT2D eigenvalue weighted by Gasteiger charge is -2.08. The minimum Gasteiger partial charge on any atom is -0.447 e. The number of sulfonamides is 1. The van der Waals surface area contributed by atoms with Crippen LogP contribution in [0.15, 0.2) is 21.6 Å². The summed E-state index contributed by atoms with van der Waals surface area (Å²) in [5.41, 5.74) is 0. The van der Waals surface area contributed by atoms with Gasteiger partial charge in [-0.05, 0) is 52.2 Å². The van der Waals surface area contributed by atoms with Crippen LogP contribution >= 0.6 is 0 Å². The van der Waals surface area contributed by atoms with Crippen molar-refractivity contribution in [1.29, 1.82) is 0 Å². The summed E-state index contributed by atoms with van der Waals surface area (Å²) in [6.07, 6.45) is 2.20. The highest BCUT2D eigenvalue weighted by atomic mass is 32.2. The van der Waals surface area contributed by atoms with E-state index in [4.69, 9.17) is 9.56 Å². The zero-order valence-corrected chi connectivity index (χ0v) is 11.7. The van der Waals surface area contributed by atoms with Gasteiger partial charge in [0.15, 0.2) is 0 Å². The van der Waals surface area contributed by atoms with Gasteiger partial charge >= 0.3 is 0 Å². The minimum absolute atomic E-state index is 0.188. The van der Waals surface area contributed by atoms with Crippen molar-refractivity contribution in [2.45, 2.75) is 24.5 Å². The fraction of sp³-hybridized carbons (Fsp3) is 0.636. The number of rotatable bonds is 8. The number of nitrogens with zero attached hydrogens (tertiary/aromatic N) is 1. The lowest BCUT2D eigenvalue weighted by Crippen LogP contribution is -2.18. The Labute approximate surface area is 108 Å². The SMILES string of the molecule is CN(C)CCCCNCc1ccc(S(N)(=O)=O)o1. The second-order valence-electron chi connectivity index (χ2n) is 4.45. The van der Waals surface area contributed by atoms with Crippen LogP contribution in [0.2, 0.25) is 0 Å². The van der Waals surface area contributed by atoms with E-state index in [1.165, 1.54) is 6.07 Å². The molecule has 18 heavy (non-hydrogen) atoms. The van der Waals surface area contributed by atoms with Crippen molar-refractivity contribution < 1.29 is 12.8 Å². The highest BCUT2D eigenvalue weighted by Crippen LogP contribution is 2.11. The van der Waals surface area contributed by atoms with Gasteiger partial charge in [-0.1, -0.05) is 0 Å². The van der Waals surface area contributed by atoms with Gasteiger partial charge in [0.05, 0.1) is 6.54 Å². The number of nitrogens with one attached hydrogen (secondary N) is 1. The molecule has 0 saturated carbocycles. The summed E-state index contributed by atoms with van der Waals surface area (Å²) in [6, 6.07) is 2.99. The highest BCUT2D eigenvalue weighted by Gasteiger charge is 2.12. The van der Waals surface area contributed by atoms with Gasteiger partial charge in [0.25, 0.3) is 10.0 Å². The van der Waals surface area contributed by atoms with Gasteiger partial charge < -0.3 is 14.6 Å². The maximum Gasteiger partial charge on any atom is 0.271 e. The second kappa shape index (κ2) is 6.89. The van der Waals surface area contributed by atoms with Crippen molar-refractivity contribution in [3.63, 3.8) is 0 Å². The van der Waals surface area contributed by atoms with Crippen LogP contribution in [0.25, 0.3) is 0 Å². The van der Waals surface area contributed by atoms with E-state index in [2.05, 4.69) is 10.2 Å². The van der Waals surface area contributed by atoms with E-state index in [-0.39, 0.29) is 5.09 Å². The van der Waals surface area contributed by atoms with Crippen molar-refractivity contribution in [1.82, 2.24) is 10.2 Å². The van der Waals surface area contributed by atoms with E-state index >= 15 is 0 Å². The molecule has 1 rings (SSSR count). The molecule has 0 radical (unpaired) electrons. The van der Waals surface area contributed by atoms with Gasteiger partial charge in [-0.15, -0.1) is 0 Å². The second-order valence-corrected chi connectivity index (χ2v) is 5.95. The van der Waals surface area contributed by atoms with Crippen molar-refractivity contribution in [3.05, 3.63) is 17.9 Å². The molecule has 0 saturated heterocycles. The van der Waals surface area contributed by atoms with Gasteiger partial charge in [0.2, 0.25) is 5.09 Å². The largest absolute Gasteiger partial charge is 0.447 e. The molecule has 0 aromatic carbocycles. The molecular formula is C11H21N3O3S. The Morgan fingerprint density at radius 2 is 2.06 bits per heavy atom. The molecule has 0 amide bonds. The first-order valence-electron chi connectivity index (χ1n) is 5.86. The topological polar surface area (TPSA) is 88.6 Å². The molecule has 1 aromatic heterocycles. The van der Waals surface area contributed by atoms with Crippen molar-refractivity contribution in [3.8, 4) is 0 Å². The third-order valence-corrected chi connectivity index (χ3v) is 3.21. The van der Waals surface area contributed by atoms with Crippen LogP contribution in [0.5, 0.6) is 0 Å². The monoisotopic (exact) mass is 275 g/mol. The van der Waals surface area contributed by atoms with E-state index < -0.39 is 10.0 Å². The molecule has 7 heteroatoms. The number of hydrogen-bond donors (Lipinski definition) is 2. The van der Waals surface area contributed by atoms with E-state index in [0.29, 0.717) is 12.3 Å². The van der Waals surface area contributed by atoms with E-state index in [1.54, 1.807) is 6.07 Å². The maximum atomic E-state index is 11.0. The molecule has 6 nitrogen and oxygen atoms in total. The maximum absolute atomic E-state index is 11.0. The average molecular weight is 275 g/mol. The van der Waals surface area contributed by atoms with Crippen molar-refractivity contribution in [2.75, 3.05) is 27.2 Å². The van der Waals surface area contributed by atoms with E-state index in [0.717, 1.165) is 25.9 Å². The molecule has 1 aromatic rings. The Balaban J connectivity index is 2.22. The number of primary sulfonamides is 1. The minimum atomic E-state index is -3.73. The number of hydrogen-bond acceptors (Lipinski definition) is 5. The predicted octanol–water partition coefficient (Wildman–Crippen LogP) is 0.358. The van der Waals surface area contributed by atoms with Gasteiger partial charge in [0.1, 0.15) is 5.76 Å². The average Bonchev–Trinajstić information content (AvgIpc) is 2.71. The Kier molecular flexibility index (Phi) is 5.80. The summed E-state index contributed by atoms with van der Waals surface area (Å²) in [4.78, 5) is 2.14. The standard InChI is InChI=1S/C11H21N3O3S/c1-14(2)8-4-3-7-13-9-10-5-6-11(17-10)18(12,15)16/h5-6,13H,3-4,7-9H2,1-2H3,(H2,12,15,16). The summed E-state index contributed by atoms with van der Waals surface area (Å²) in [7, 11) is 0.363. The molecule has 0 aliphatic heterocycles. The van der Waals surface area contributed by atoms with Crippen LogP contribution in [0.3, 0.4) is 0 Å². The molecule has 1 heterocycles. The molecule has 0 fully saturated rings. The summed E-state index contributed by atoms with van der Waals surface area (Å²) in [5, 5.41) is 7.95. The predicted molar refractivity (Wildman–Crippen MR) is 69.6 cm³/mol. The van der Waals surface area contributed by atoms with Crippen LogP contribution in [0.1, 0.15) is 18.6 Å². The van der Waals surface area contributed by atoms with Gasteiger partial charge in [-0.2, -0.15) is 0 Å². The van der Waals surface area contributed by atoms with Crippen LogP contribution in [0, 0.1) is 0 Å². The Bertz CT molecular complexity index is 454. The molecule has 0 spiro atoms. The van der Waals surface area contributed by atoms with Gasteiger partial charge in [-0.3, -0.25) is 0 Å². The van der Waals surface area contributed by atoms with Gasteiger partial charge in [-0.25, -0.2) is 13.6 Å². The summed E-state index contributed by atoms with van der Waals surface area (Å²) >= 11 is 0. The van der Waals surface area contributed by atoms with Crippen LogP contribution in [-0.2, 0) is 16.6 Å². The quantitative estimate of drug-likeness (QED) is 0.669. The molecule has 0 aliphatic rings. The first-order chi connectivity index (χ1) is 8.39. The fourth-order valence-electron chi connectivity index (χ4n) is 1.50. The lowest BCUT2D eigenvalue weighted by molar-refractivity contribution is 0.383. The molecule has 3 N–H and O–H groups in total. The van der Waals surface area contributed by atoms with Gasteiger partial charge in [0, 0.05) is 0 Å². The van der Waals surface area contributed by atoms with Crippen LogP contribution in [0.4, 0.5) is 0 Å². The normalized spacial score (nSPS) is 12.2. The smallest absolute Gasteiger partial charge is 0.271 e. The lowest BCUT2D eigenvalue weighted by atomic mass is 10.3. The number of furan rings is 1. The molecule has 0 bridgehead atoms. The zero-order chi connectivity index (χ0) is 13.6. The summed E-state index contributed by atoms with van der Waals surface area (Å²) < 4.78 is 27.1. The Hall–Kier alpha value is -0.890. The fourth-order valence-corrected chi connectivity index (χ4v) is 1.98. The van der Waals surface area contributed by atoms with Crippen LogP contribution in [-0.4, -0.2) is 40.5 Å². The Morgan fingerprint density at radius 3 is 2.61 bits per heavy atom. The Morgan fingerprint density at radius 1 is 1.33 bits per heavy atom. The summed E-state index contributed by atoms with van der Waals surface area (Å²) in [5.74, 6) is 0.576. The molecule has 0 atom stereocenters. The van der Waals surface area contributed by atoms with E-state index in [9.17, 15) is 8.42 Å². The molecule has 0 aliphatic carbocycles. The highest BCUT2D eigenvalue weighted by molar-refractivity contribution is 7.89. The number of nitrogens with two attached hydrogens (primary N) is 1. The molecular weight excluding hydrogens is 254 g/mol. The third-order valence-electron chi connectivity index (χ3n) is 2.43. The number of unbranched alkanes of at least 4 members (excludes halogenated alkanes) is 1. The molecule has 104 valence electrons. The first kappa shape index (κ1) is 15.2. The van der Waals surface area contributed by atoms with E-state index in [1.807, 2.05) is 14.1 Å².